The Bertz CT molecular complexity index is 274. The largest absolute Gasteiger partial charge is 0.338 e. The minimum atomic E-state index is -0.296. The molecule has 2 saturated heterocycles. The second-order valence-electron chi connectivity index (χ2n) is 5.00. The summed E-state index contributed by atoms with van der Waals surface area (Å²) in [5.41, 5.74) is 5.95. The van der Waals surface area contributed by atoms with E-state index in [1.807, 2.05) is 4.90 Å². The first kappa shape index (κ1) is 13.2. The second kappa shape index (κ2) is 6.07. The molecule has 0 bridgehead atoms. The standard InChI is InChI=1S/C12H23N3OS/c1-17-8-4-11(13)12(16)15-7-6-14-5-2-3-10(14)9-15/h10-11H,2-9,13H2,1H3/t10?,11-/m0/s1. The van der Waals surface area contributed by atoms with Crippen molar-refractivity contribution in [1.82, 2.24) is 9.80 Å². The van der Waals surface area contributed by atoms with E-state index in [4.69, 9.17) is 5.73 Å². The highest BCUT2D eigenvalue weighted by Crippen LogP contribution is 2.21. The van der Waals surface area contributed by atoms with E-state index in [0.29, 0.717) is 6.04 Å². The Morgan fingerprint density at radius 1 is 1.47 bits per heavy atom. The molecule has 2 fully saturated rings. The molecular formula is C12H23N3OS. The molecule has 0 aromatic heterocycles. The van der Waals surface area contributed by atoms with Crippen molar-refractivity contribution in [2.24, 2.45) is 5.73 Å². The summed E-state index contributed by atoms with van der Waals surface area (Å²) >= 11 is 1.75. The lowest BCUT2D eigenvalue weighted by Gasteiger charge is -2.38. The molecule has 0 radical (unpaired) electrons. The van der Waals surface area contributed by atoms with E-state index >= 15 is 0 Å². The van der Waals surface area contributed by atoms with Gasteiger partial charge < -0.3 is 10.6 Å². The Labute approximate surface area is 108 Å². The van der Waals surface area contributed by atoms with Gasteiger partial charge in [0.25, 0.3) is 0 Å². The molecule has 98 valence electrons. The van der Waals surface area contributed by atoms with E-state index < -0.39 is 0 Å². The van der Waals surface area contributed by atoms with E-state index in [0.717, 1.165) is 31.8 Å². The molecule has 2 N–H and O–H groups in total. The number of nitrogens with zero attached hydrogens (tertiary/aromatic N) is 2. The highest BCUT2D eigenvalue weighted by molar-refractivity contribution is 7.98. The molecule has 5 heteroatoms. The van der Waals surface area contributed by atoms with E-state index in [1.54, 1.807) is 11.8 Å². The fourth-order valence-electron chi connectivity index (χ4n) is 2.79. The van der Waals surface area contributed by atoms with Crippen LogP contribution in [0.4, 0.5) is 0 Å². The fourth-order valence-corrected chi connectivity index (χ4v) is 3.28. The van der Waals surface area contributed by atoms with Crippen LogP contribution in [0.1, 0.15) is 19.3 Å². The summed E-state index contributed by atoms with van der Waals surface area (Å²) in [6, 6.07) is 0.302. The first-order chi connectivity index (χ1) is 8.22. The zero-order valence-corrected chi connectivity index (χ0v) is 11.4. The number of carbonyl (C=O) groups excluding carboxylic acids is 1. The third-order valence-corrected chi connectivity index (χ3v) is 4.49. The Kier molecular flexibility index (Phi) is 4.70. The van der Waals surface area contributed by atoms with Crippen molar-refractivity contribution in [2.75, 3.05) is 38.2 Å². The van der Waals surface area contributed by atoms with Gasteiger partial charge in [0.1, 0.15) is 0 Å². The third-order valence-electron chi connectivity index (χ3n) is 3.85. The van der Waals surface area contributed by atoms with E-state index in [2.05, 4.69) is 11.2 Å². The van der Waals surface area contributed by atoms with Gasteiger partial charge in [-0.15, -0.1) is 0 Å². The van der Waals surface area contributed by atoms with Crippen LogP contribution in [0, 0.1) is 0 Å². The summed E-state index contributed by atoms with van der Waals surface area (Å²) < 4.78 is 0. The van der Waals surface area contributed by atoms with Gasteiger partial charge in [0, 0.05) is 25.7 Å². The van der Waals surface area contributed by atoms with Gasteiger partial charge in [0.05, 0.1) is 6.04 Å². The SMILES string of the molecule is CSCC[C@H](N)C(=O)N1CCN2CCCC2C1. The Balaban J connectivity index is 1.83. The van der Waals surface area contributed by atoms with E-state index in [-0.39, 0.29) is 11.9 Å². The predicted octanol–water partition coefficient (Wildman–Crippen LogP) is 0.373. The van der Waals surface area contributed by atoms with Crippen LogP contribution in [0.3, 0.4) is 0 Å². The molecule has 0 aromatic carbocycles. The summed E-state index contributed by atoms with van der Waals surface area (Å²) in [6.07, 6.45) is 5.37. The smallest absolute Gasteiger partial charge is 0.239 e. The minimum Gasteiger partial charge on any atom is -0.338 e. The number of fused-ring (bicyclic) bond motifs is 1. The van der Waals surface area contributed by atoms with Crippen LogP contribution in [0.25, 0.3) is 0 Å². The maximum atomic E-state index is 12.2. The number of hydrogen-bond donors (Lipinski definition) is 1. The van der Waals surface area contributed by atoms with Crippen LogP contribution in [0.15, 0.2) is 0 Å². The van der Waals surface area contributed by atoms with Crippen molar-refractivity contribution in [3.8, 4) is 0 Å². The first-order valence-electron chi connectivity index (χ1n) is 6.49. The topological polar surface area (TPSA) is 49.6 Å². The molecule has 2 rings (SSSR count). The minimum absolute atomic E-state index is 0.158. The molecule has 2 heterocycles. The van der Waals surface area contributed by atoms with Crippen molar-refractivity contribution >= 4 is 17.7 Å². The number of hydrogen-bond acceptors (Lipinski definition) is 4. The number of amides is 1. The van der Waals surface area contributed by atoms with Crippen molar-refractivity contribution in [3.63, 3.8) is 0 Å². The number of rotatable bonds is 4. The van der Waals surface area contributed by atoms with Crippen LogP contribution in [-0.4, -0.2) is 66.0 Å². The second-order valence-corrected chi connectivity index (χ2v) is 5.99. The molecule has 17 heavy (non-hydrogen) atoms. The Morgan fingerprint density at radius 2 is 2.29 bits per heavy atom. The van der Waals surface area contributed by atoms with Crippen LogP contribution < -0.4 is 5.73 Å². The molecule has 0 aliphatic carbocycles. The molecule has 2 atom stereocenters. The third kappa shape index (κ3) is 3.14. The van der Waals surface area contributed by atoms with Crippen LogP contribution in [-0.2, 0) is 4.79 Å². The molecule has 0 aromatic rings. The van der Waals surface area contributed by atoms with Gasteiger partial charge >= 0.3 is 0 Å². The number of thioether (sulfide) groups is 1. The maximum Gasteiger partial charge on any atom is 0.239 e. The van der Waals surface area contributed by atoms with Crippen LogP contribution in [0.5, 0.6) is 0 Å². The lowest BCUT2D eigenvalue weighted by atomic mass is 10.1. The number of nitrogens with two attached hydrogens (primary N) is 1. The van der Waals surface area contributed by atoms with E-state index in [9.17, 15) is 4.79 Å². The van der Waals surface area contributed by atoms with Gasteiger partial charge in [0.15, 0.2) is 0 Å². The summed E-state index contributed by atoms with van der Waals surface area (Å²) in [4.78, 5) is 16.7. The Morgan fingerprint density at radius 3 is 3.06 bits per heavy atom. The van der Waals surface area contributed by atoms with E-state index in [1.165, 1.54) is 19.4 Å². The lowest BCUT2D eigenvalue weighted by Crippen LogP contribution is -2.55. The van der Waals surface area contributed by atoms with Gasteiger partial charge in [-0.05, 0) is 37.8 Å². The monoisotopic (exact) mass is 257 g/mol. The summed E-state index contributed by atoms with van der Waals surface area (Å²) in [6.45, 7) is 4.00. The first-order valence-corrected chi connectivity index (χ1v) is 7.89. The molecule has 2 aliphatic heterocycles. The highest BCUT2D eigenvalue weighted by Gasteiger charge is 2.33. The quantitative estimate of drug-likeness (QED) is 0.791. The predicted molar refractivity (Wildman–Crippen MR) is 72.1 cm³/mol. The van der Waals surface area contributed by atoms with Gasteiger partial charge in [-0.1, -0.05) is 0 Å². The molecule has 0 saturated carbocycles. The summed E-state index contributed by atoms with van der Waals surface area (Å²) in [5, 5.41) is 0. The molecular weight excluding hydrogens is 234 g/mol. The molecule has 1 amide bonds. The van der Waals surface area contributed by atoms with Gasteiger partial charge in [-0.3, -0.25) is 9.69 Å². The zero-order valence-electron chi connectivity index (χ0n) is 10.6. The lowest BCUT2D eigenvalue weighted by molar-refractivity contribution is -0.135. The molecule has 1 unspecified atom stereocenters. The van der Waals surface area contributed by atoms with Crippen molar-refractivity contribution in [1.29, 1.82) is 0 Å². The molecule has 2 aliphatic rings. The van der Waals surface area contributed by atoms with Gasteiger partial charge in [-0.25, -0.2) is 0 Å². The van der Waals surface area contributed by atoms with Gasteiger partial charge in [0.2, 0.25) is 5.91 Å². The van der Waals surface area contributed by atoms with Crippen LogP contribution in [0.2, 0.25) is 0 Å². The van der Waals surface area contributed by atoms with Crippen LogP contribution >= 0.6 is 11.8 Å². The van der Waals surface area contributed by atoms with Crippen molar-refractivity contribution < 1.29 is 4.79 Å². The molecule has 4 nitrogen and oxygen atoms in total. The summed E-state index contributed by atoms with van der Waals surface area (Å²) in [5.74, 6) is 1.13. The highest BCUT2D eigenvalue weighted by atomic mass is 32.2. The van der Waals surface area contributed by atoms with Gasteiger partial charge in [-0.2, -0.15) is 11.8 Å². The number of carbonyl (C=O) groups is 1. The zero-order chi connectivity index (χ0) is 12.3. The van der Waals surface area contributed by atoms with Crippen molar-refractivity contribution in [3.05, 3.63) is 0 Å². The Hall–Kier alpha value is -0.260. The average molecular weight is 257 g/mol. The summed E-state index contributed by atoms with van der Waals surface area (Å²) in [7, 11) is 0. The average Bonchev–Trinajstić information content (AvgIpc) is 2.81. The normalized spacial score (nSPS) is 26.9. The molecule has 0 spiro atoms. The fraction of sp³-hybridized carbons (Fsp3) is 0.917. The van der Waals surface area contributed by atoms with Crippen molar-refractivity contribution in [2.45, 2.75) is 31.3 Å². The maximum absolute atomic E-state index is 12.2. The number of piperazine rings is 1.